The molecule has 1 heterocycles. The maximum Gasteiger partial charge on any atom is 0.251 e. The Morgan fingerprint density at radius 1 is 1.44 bits per heavy atom. The number of nitrogens with one attached hydrogen (secondary N) is 1. The summed E-state index contributed by atoms with van der Waals surface area (Å²) in [6, 6.07) is 4.69. The van der Waals surface area contributed by atoms with E-state index < -0.39 is 5.82 Å². The van der Waals surface area contributed by atoms with Crippen LogP contribution in [0.3, 0.4) is 0 Å². The topological polar surface area (TPSA) is 51.0 Å². The van der Waals surface area contributed by atoms with Crippen LogP contribution >= 0.6 is 15.9 Å². The van der Waals surface area contributed by atoms with E-state index in [-0.39, 0.29) is 11.9 Å². The van der Waals surface area contributed by atoms with Crippen molar-refractivity contribution in [3.63, 3.8) is 0 Å². The van der Waals surface area contributed by atoms with E-state index in [0.29, 0.717) is 15.9 Å². The van der Waals surface area contributed by atoms with Crippen molar-refractivity contribution in [3.8, 4) is 11.5 Å². The zero-order chi connectivity index (χ0) is 13.1. The smallest absolute Gasteiger partial charge is 0.251 e. The average molecular weight is 314 g/mol. The van der Waals surface area contributed by atoms with Gasteiger partial charge >= 0.3 is 0 Å². The Hall–Kier alpha value is -1.27. The van der Waals surface area contributed by atoms with Gasteiger partial charge in [-0.05, 0) is 41.5 Å². The maximum absolute atomic E-state index is 13.7. The van der Waals surface area contributed by atoms with Crippen LogP contribution in [0.25, 0.3) is 11.5 Å². The summed E-state index contributed by atoms with van der Waals surface area (Å²) in [5, 5.41) is 10.9. The van der Waals surface area contributed by atoms with Crippen LogP contribution in [0.5, 0.6) is 0 Å². The lowest BCUT2D eigenvalue weighted by molar-refractivity contribution is 0.414. The molecule has 0 aliphatic rings. The van der Waals surface area contributed by atoms with Crippen molar-refractivity contribution in [2.75, 3.05) is 7.05 Å². The van der Waals surface area contributed by atoms with Gasteiger partial charge in [0.2, 0.25) is 5.89 Å². The molecular weight excluding hydrogens is 301 g/mol. The number of halogens is 2. The van der Waals surface area contributed by atoms with E-state index in [2.05, 4.69) is 31.4 Å². The van der Waals surface area contributed by atoms with Crippen LogP contribution in [0.4, 0.5) is 4.39 Å². The lowest BCUT2D eigenvalue weighted by atomic mass is 10.2. The molecule has 2 aromatic rings. The number of benzene rings is 1. The third-order valence-electron chi connectivity index (χ3n) is 2.67. The van der Waals surface area contributed by atoms with E-state index >= 15 is 0 Å². The van der Waals surface area contributed by atoms with Crippen molar-refractivity contribution in [2.24, 2.45) is 0 Å². The second-order valence-electron chi connectivity index (χ2n) is 3.79. The molecule has 1 aromatic carbocycles. The first-order valence-electron chi connectivity index (χ1n) is 5.62. The normalized spacial score (nSPS) is 12.7. The number of hydrogen-bond donors (Lipinski definition) is 1. The number of rotatable bonds is 4. The molecule has 2 rings (SSSR count). The van der Waals surface area contributed by atoms with Crippen LogP contribution in [0.1, 0.15) is 25.3 Å². The fraction of sp³-hybridized carbons (Fsp3) is 0.333. The molecule has 0 amide bonds. The van der Waals surface area contributed by atoms with Crippen molar-refractivity contribution < 1.29 is 8.81 Å². The van der Waals surface area contributed by atoms with Crippen molar-refractivity contribution in [3.05, 3.63) is 34.4 Å². The lowest BCUT2D eigenvalue weighted by Crippen LogP contribution is -2.15. The minimum Gasteiger partial charge on any atom is -0.419 e. The lowest BCUT2D eigenvalue weighted by Gasteiger charge is -2.07. The van der Waals surface area contributed by atoms with Crippen LogP contribution in [0.2, 0.25) is 0 Å². The Labute approximate surface area is 113 Å². The zero-order valence-corrected chi connectivity index (χ0v) is 11.7. The summed E-state index contributed by atoms with van der Waals surface area (Å²) in [6.07, 6.45) is 0.816. The van der Waals surface area contributed by atoms with Gasteiger partial charge in [-0.1, -0.05) is 13.0 Å². The van der Waals surface area contributed by atoms with Gasteiger partial charge in [0.05, 0.1) is 11.6 Å². The van der Waals surface area contributed by atoms with Crippen LogP contribution < -0.4 is 5.32 Å². The molecule has 6 heteroatoms. The zero-order valence-electron chi connectivity index (χ0n) is 10.1. The molecule has 0 fully saturated rings. The van der Waals surface area contributed by atoms with Gasteiger partial charge in [0, 0.05) is 4.47 Å². The van der Waals surface area contributed by atoms with Crippen LogP contribution in [-0.2, 0) is 0 Å². The highest BCUT2D eigenvalue weighted by atomic mass is 79.9. The summed E-state index contributed by atoms with van der Waals surface area (Å²) < 4.78 is 19.9. The van der Waals surface area contributed by atoms with Crippen LogP contribution in [0.15, 0.2) is 27.1 Å². The summed E-state index contributed by atoms with van der Waals surface area (Å²) >= 11 is 3.28. The number of aromatic nitrogens is 2. The Morgan fingerprint density at radius 2 is 2.22 bits per heavy atom. The molecule has 1 aromatic heterocycles. The first-order valence-corrected chi connectivity index (χ1v) is 6.41. The molecule has 0 saturated carbocycles. The molecule has 4 nitrogen and oxygen atoms in total. The molecule has 0 radical (unpaired) electrons. The molecule has 1 N–H and O–H groups in total. The van der Waals surface area contributed by atoms with Crippen LogP contribution in [-0.4, -0.2) is 17.2 Å². The molecular formula is C12H13BrFN3O. The Morgan fingerprint density at radius 3 is 2.83 bits per heavy atom. The molecule has 0 aliphatic carbocycles. The third-order valence-corrected chi connectivity index (χ3v) is 3.33. The van der Waals surface area contributed by atoms with Crippen LogP contribution in [0, 0.1) is 5.82 Å². The number of hydrogen-bond acceptors (Lipinski definition) is 4. The van der Waals surface area contributed by atoms with Crippen molar-refractivity contribution >= 4 is 15.9 Å². The summed E-state index contributed by atoms with van der Waals surface area (Å²) in [4.78, 5) is 0. The van der Waals surface area contributed by atoms with Crippen molar-refractivity contribution in [2.45, 2.75) is 19.4 Å². The van der Waals surface area contributed by atoms with Gasteiger partial charge in [0.25, 0.3) is 5.89 Å². The van der Waals surface area contributed by atoms with E-state index in [1.165, 1.54) is 6.07 Å². The predicted octanol–water partition coefficient (Wildman–Crippen LogP) is 3.31. The van der Waals surface area contributed by atoms with Gasteiger partial charge in [-0.15, -0.1) is 10.2 Å². The molecule has 96 valence electrons. The highest BCUT2D eigenvalue weighted by Gasteiger charge is 2.19. The Balaban J connectivity index is 2.41. The molecule has 18 heavy (non-hydrogen) atoms. The summed E-state index contributed by atoms with van der Waals surface area (Å²) in [6.45, 7) is 2.00. The molecule has 0 saturated heterocycles. The van der Waals surface area contributed by atoms with Crippen molar-refractivity contribution in [1.82, 2.24) is 15.5 Å². The van der Waals surface area contributed by atoms with Gasteiger partial charge in [0.1, 0.15) is 5.82 Å². The second kappa shape index (κ2) is 5.58. The van der Waals surface area contributed by atoms with Gasteiger partial charge in [0.15, 0.2) is 0 Å². The molecule has 0 spiro atoms. The molecule has 0 bridgehead atoms. The highest BCUT2D eigenvalue weighted by Crippen LogP contribution is 2.30. The molecule has 1 atom stereocenters. The summed E-state index contributed by atoms with van der Waals surface area (Å²) in [5.41, 5.74) is 0.294. The average Bonchev–Trinajstić information content (AvgIpc) is 2.80. The maximum atomic E-state index is 13.7. The van der Waals surface area contributed by atoms with E-state index in [9.17, 15) is 4.39 Å². The molecule has 0 aliphatic heterocycles. The van der Waals surface area contributed by atoms with Gasteiger partial charge in [-0.3, -0.25) is 0 Å². The van der Waals surface area contributed by atoms with Crippen molar-refractivity contribution in [1.29, 1.82) is 0 Å². The minimum atomic E-state index is -0.392. The van der Waals surface area contributed by atoms with Gasteiger partial charge in [-0.25, -0.2) is 4.39 Å². The SMILES string of the molecule is CCC(NC)c1nnc(-c2c(F)cccc2Br)o1. The highest BCUT2D eigenvalue weighted by molar-refractivity contribution is 9.10. The minimum absolute atomic E-state index is 0.0169. The summed E-state index contributed by atoms with van der Waals surface area (Å²) in [7, 11) is 1.82. The van der Waals surface area contributed by atoms with E-state index in [1.807, 2.05) is 14.0 Å². The second-order valence-corrected chi connectivity index (χ2v) is 4.65. The first kappa shape index (κ1) is 13.2. The fourth-order valence-corrected chi connectivity index (χ4v) is 2.19. The standard InChI is InChI=1S/C12H13BrFN3O/c1-3-9(15-2)11-16-17-12(18-11)10-7(13)5-4-6-8(10)14/h4-6,9,15H,3H2,1-2H3. The fourth-order valence-electron chi connectivity index (χ4n) is 1.68. The third kappa shape index (κ3) is 2.44. The summed E-state index contributed by atoms with van der Waals surface area (Å²) in [5.74, 6) is 0.255. The largest absolute Gasteiger partial charge is 0.419 e. The van der Waals surface area contributed by atoms with Gasteiger partial charge < -0.3 is 9.73 Å². The van der Waals surface area contributed by atoms with E-state index in [0.717, 1.165) is 6.42 Å². The number of nitrogens with zero attached hydrogens (tertiary/aromatic N) is 2. The Kier molecular flexibility index (Phi) is 4.08. The molecule has 1 unspecified atom stereocenters. The van der Waals surface area contributed by atoms with E-state index in [4.69, 9.17) is 4.42 Å². The predicted molar refractivity (Wildman–Crippen MR) is 69.5 cm³/mol. The quantitative estimate of drug-likeness (QED) is 0.941. The monoisotopic (exact) mass is 313 g/mol. The van der Waals surface area contributed by atoms with Gasteiger partial charge in [-0.2, -0.15) is 0 Å². The first-order chi connectivity index (χ1) is 8.67. The Bertz CT molecular complexity index is 520. The van der Waals surface area contributed by atoms with E-state index in [1.54, 1.807) is 12.1 Å².